The monoisotopic (exact) mass is 333 g/mol. The molecule has 1 aromatic rings. The molecule has 1 aromatic carbocycles. The molecule has 0 spiro atoms. The predicted octanol–water partition coefficient (Wildman–Crippen LogP) is 3.03. The number of amides is 1. The summed E-state index contributed by atoms with van der Waals surface area (Å²) in [6, 6.07) is 6.57. The second kappa shape index (κ2) is 6.32. The van der Waals surface area contributed by atoms with E-state index in [2.05, 4.69) is 20.7 Å². The summed E-state index contributed by atoms with van der Waals surface area (Å²) in [4.78, 5) is 13.5. The maximum atomic E-state index is 12.3. The van der Waals surface area contributed by atoms with Crippen LogP contribution in [0.15, 0.2) is 24.3 Å². The van der Waals surface area contributed by atoms with Crippen LogP contribution in [-0.4, -0.2) is 29.3 Å². The Morgan fingerprint density at radius 2 is 2.16 bits per heavy atom. The molecule has 1 saturated heterocycles. The van der Waals surface area contributed by atoms with Gasteiger partial charge in [0.2, 0.25) is 5.91 Å². The summed E-state index contributed by atoms with van der Waals surface area (Å²) in [5.41, 5.74) is 0.603. The van der Waals surface area contributed by atoms with Crippen LogP contribution in [0.25, 0.3) is 0 Å². The summed E-state index contributed by atoms with van der Waals surface area (Å²) in [6.45, 7) is -1.90. The van der Waals surface area contributed by atoms with Gasteiger partial charge in [0, 0.05) is 30.4 Å². The molecule has 1 amide bonds. The van der Waals surface area contributed by atoms with Crippen molar-refractivity contribution in [1.29, 1.82) is 0 Å². The number of halogens is 3. The van der Waals surface area contributed by atoms with Crippen molar-refractivity contribution in [2.45, 2.75) is 19.6 Å². The molecule has 19 heavy (non-hydrogen) atoms. The first-order chi connectivity index (χ1) is 9.10. The topological polar surface area (TPSA) is 29.5 Å². The highest BCUT2D eigenvalue weighted by Crippen LogP contribution is 2.26. The molecule has 0 N–H and O–H groups in total. The van der Waals surface area contributed by atoms with Crippen molar-refractivity contribution >= 4 is 21.8 Å². The lowest BCUT2D eigenvalue weighted by atomic mass is 10.1. The normalized spacial score (nSPS) is 19.3. The second-order valence-corrected chi connectivity index (χ2v) is 5.13. The molecular weight excluding hydrogens is 320 g/mol. The SMILES string of the molecule is O=C1CC(CBr)CN1Cc1ccccc1OC(F)F. The van der Waals surface area contributed by atoms with Crippen LogP contribution in [0.3, 0.4) is 0 Å². The van der Waals surface area contributed by atoms with E-state index in [1.54, 1.807) is 23.1 Å². The van der Waals surface area contributed by atoms with E-state index in [0.29, 0.717) is 25.1 Å². The van der Waals surface area contributed by atoms with E-state index in [9.17, 15) is 13.6 Å². The van der Waals surface area contributed by atoms with Gasteiger partial charge in [0.15, 0.2) is 0 Å². The number of alkyl halides is 3. The highest BCUT2D eigenvalue weighted by atomic mass is 79.9. The third kappa shape index (κ3) is 3.65. The molecule has 1 heterocycles. The first-order valence-corrected chi connectivity index (χ1v) is 7.08. The number of ether oxygens (including phenoxy) is 1. The molecule has 0 bridgehead atoms. The van der Waals surface area contributed by atoms with Crippen LogP contribution < -0.4 is 4.74 Å². The van der Waals surface area contributed by atoms with Gasteiger partial charge in [0.05, 0.1) is 0 Å². The molecule has 0 radical (unpaired) electrons. The van der Waals surface area contributed by atoms with Gasteiger partial charge < -0.3 is 9.64 Å². The number of rotatable bonds is 5. The molecule has 6 heteroatoms. The second-order valence-electron chi connectivity index (χ2n) is 4.48. The minimum atomic E-state index is -2.86. The molecule has 0 aromatic heterocycles. The summed E-state index contributed by atoms with van der Waals surface area (Å²) < 4.78 is 29.1. The van der Waals surface area contributed by atoms with Crippen LogP contribution >= 0.6 is 15.9 Å². The Balaban J connectivity index is 2.09. The minimum absolute atomic E-state index is 0.0521. The summed E-state index contributed by atoms with van der Waals surface area (Å²) in [6.07, 6.45) is 0.503. The summed E-state index contributed by atoms with van der Waals surface area (Å²) >= 11 is 3.36. The summed E-state index contributed by atoms with van der Waals surface area (Å²) in [5.74, 6) is 0.472. The van der Waals surface area contributed by atoms with Crippen LogP contribution in [0, 0.1) is 5.92 Å². The van der Waals surface area contributed by atoms with Crippen molar-refractivity contribution in [3.63, 3.8) is 0 Å². The van der Waals surface area contributed by atoms with Gasteiger partial charge in [-0.15, -0.1) is 0 Å². The number of para-hydroxylation sites is 1. The Labute approximate surface area is 118 Å². The van der Waals surface area contributed by atoms with E-state index in [1.165, 1.54) is 6.07 Å². The molecular formula is C13H14BrF2NO2. The van der Waals surface area contributed by atoms with Crippen LogP contribution in [-0.2, 0) is 11.3 Å². The molecule has 2 rings (SSSR count). The average Bonchev–Trinajstić information content (AvgIpc) is 2.72. The van der Waals surface area contributed by atoms with Gasteiger partial charge >= 0.3 is 6.61 Å². The Bertz CT molecular complexity index is 456. The largest absolute Gasteiger partial charge is 0.434 e. The van der Waals surface area contributed by atoms with Crippen molar-refractivity contribution in [2.75, 3.05) is 11.9 Å². The van der Waals surface area contributed by atoms with Crippen LogP contribution in [0.4, 0.5) is 8.78 Å². The first-order valence-electron chi connectivity index (χ1n) is 5.96. The standard InChI is InChI=1S/C13H14BrF2NO2/c14-6-9-5-12(18)17(7-9)8-10-3-1-2-4-11(10)19-13(15)16/h1-4,9,13H,5-8H2. The van der Waals surface area contributed by atoms with Crippen molar-refractivity contribution in [2.24, 2.45) is 5.92 Å². The number of nitrogens with zero attached hydrogens (tertiary/aromatic N) is 1. The zero-order chi connectivity index (χ0) is 13.8. The maximum Gasteiger partial charge on any atom is 0.387 e. The highest BCUT2D eigenvalue weighted by molar-refractivity contribution is 9.09. The highest BCUT2D eigenvalue weighted by Gasteiger charge is 2.29. The third-order valence-electron chi connectivity index (χ3n) is 3.06. The fourth-order valence-corrected chi connectivity index (χ4v) is 2.59. The van der Waals surface area contributed by atoms with E-state index in [-0.39, 0.29) is 17.6 Å². The van der Waals surface area contributed by atoms with Crippen LogP contribution in [0.5, 0.6) is 5.75 Å². The Morgan fingerprint density at radius 3 is 2.79 bits per heavy atom. The molecule has 0 aliphatic carbocycles. The van der Waals surface area contributed by atoms with Crippen molar-refractivity contribution in [3.05, 3.63) is 29.8 Å². The van der Waals surface area contributed by atoms with E-state index in [4.69, 9.17) is 0 Å². The Kier molecular flexibility index (Phi) is 4.74. The van der Waals surface area contributed by atoms with Crippen molar-refractivity contribution in [3.8, 4) is 5.75 Å². The van der Waals surface area contributed by atoms with Crippen molar-refractivity contribution < 1.29 is 18.3 Å². The molecule has 1 aliphatic heterocycles. The van der Waals surface area contributed by atoms with Gasteiger partial charge in [-0.25, -0.2) is 0 Å². The number of benzene rings is 1. The van der Waals surface area contributed by atoms with Gasteiger partial charge in [0.25, 0.3) is 0 Å². The lowest BCUT2D eigenvalue weighted by Gasteiger charge is -2.18. The zero-order valence-corrected chi connectivity index (χ0v) is 11.8. The maximum absolute atomic E-state index is 12.3. The fraction of sp³-hybridized carbons (Fsp3) is 0.462. The molecule has 1 atom stereocenters. The van der Waals surface area contributed by atoms with Crippen LogP contribution in [0.1, 0.15) is 12.0 Å². The zero-order valence-electron chi connectivity index (χ0n) is 10.2. The third-order valence-corrected chi connectivity index (χ3v) is 3.98. The van der Waals surface area contributed by atoms with Gasteiger partial charge in [0.1, 0.15) is 5.75 Å². The van der Waals surface area contributed by atoms with Gasteiger partial charge in [-0.05, 0) is 12.0 Å². The lowest BCUT2D eigenvalue weighted by Crippen LogP contribution is -2.25. The summed E-state index contributed by atoms with van der Waals surface area (Å²) in [5, 5.41) is 0.768. The van der Waals surface area contributed by atoms with E-state index in [0.717, 1.165) is 5.33 Å². The number of carbonyl (C=O) groups is 1. The smallest absolute Gasteiger partial charge is 0.387 e. The molecule has 1 fully saturated rings. The van der Waals surface area contributed by atoms with Crippen LogP contribution in [0.2, 0.25) is 0 Å². The number of hydrogen-bond donors (Lipinski definition) is 0. The quantitative estimate of drug-likeness (QED) is 0.775. The van der Waals surface area contributed by atoms with Gasteiger partial charge in [-0.2, -0.15) is 8.78 Å². The van der Waals surface area contributed by atoms with E-state index in [1.807, 2.05) is 0 Å². The first kappa shape index (κ1) is 14.2. The van der Waals surface area contributed by atoms with Gasteiger partial charge in [-0.1, -0.05) is 34.1 Å². The lowest BCUT2D eigenvalue weighted by molar-refractivity contribution is -0.128. The fourth-order valence-electron chi connectivity index (χ4n) is 2.16. The number of hydrogen-bond acceptors (Lipinski definition) is 2. The van der Waals surface area contributed by atoms with E-state index < -0.39 is 6.61 Å². The molecule has 1 unspecified atom stereocenters. The van der Waals surface area contributed by atoms with Gasteiger partial charge in [-0.3, -0.25) is 4.79 Å². The Morgan fingerprint density at radius 1 is 1.42 bits per heavy atom. The van der Waals surface area contributed by atoms with Crippen molar-refractivity contribution in [1.82, 2.24) is 4.90 Å². The minimum Gasteiger partial charge on any atom is -0.434 e. The number of likely N-dealkylation sites (tertiary alicyclic amines) is 1. The number of carbonyl (C=O) groups excluding carboxylic acids is 1. The molecule has 3 nitrogen and oxygen atoms in total. The Hall–Kier alpha value is -1.17. The predicted molar refractivity (Wildman–Crippen MR) is 70.4 cm³/mol. The molecule has 1 aliphatic rings. The summed E-state index contributed by atoms with van der Waals surface area (Å²) in [7, 11) is 0. The van der Waals surface area contributed by atoms with E-state index >= 15 is 0 Å². The molecule has 0 saturated carbocycles. The molecule has 104 valence electrons. The average molecular weight is 334 g/mol.